The molecule has 0 aliphatic carbocycles. The van der Waals surface area contributed by atoms with Gasteiger partial charge in [0.25, 0.3) is 0 Å². The van der Waals surface area contributed by atoms with Gasteiger partial charge in [-0.05, 0) is 86.2 Å². The maximum absolute atomic E-state index is 5.96. The first kappa shape index (κ1) is 23.7. The maximum atomic E-state index is 5.96. The number of morpholine rings is 1. The zero-order chi connectivity index (χ0) is 25.4. The van der Waals surface area contributed by atoms with Gasteiger partial charge in [-0.3, -0.25) is 4.98 Å². The molecule has 0 amide bonds. The van der Waals surface area contributed by atoms with Gasteiger partial charge in [0.15, 0.2) is 5.11 Å². The number of anilines is 2. The first-order valence-corrected chi connectivity index (χ1v) is 13.2. The summed E-state index contributed by atoms with van der Waals surface area (Å²) in [7, 11) is 0. The molecule has 4 aromatic rings. The summed E-state index contributed by atoms with van der Waals surface area (Å²) in [6, 6.07) is 27.5. The molecule has 0 bridgehead atoms. The fraction of sp³-hybridized carbons (Fsp3) is 0.267. The van der Waals surface area contributed by atoms with E-state index < -0.39 is 0 Å². The smallest absolute Gasteiger partial charge is 0.174 e. The first-order chi connectivity index (χ1) is 18.1. The molecule has 2 aliphatic rings. The van der Waals surface area contributed by atoms with Crippen LogP contribution < -0.4 is 15.1 Å². The third-order valence-electron chi connectivity index (χ3n) is 7.41. The molecule has 1 N–H and O–H groups in total. The van der Waals surface area contributed by atoms with Gasteiger partial charge in [0.1, 0.15) is 0 Å². The SMILES string of the molecule is Cc1cc([C@H]2[C@H](c3ccccn3)NC(=S)N2c2ccc(N3CCOCC3)cc2)c(C)n1-c1ccccc1. The van der Waals surface area contributed by atoms with E-state index in [1.807, 2.05) is 18.3 Å². The predicted octanol–water partition coefficient (Wildman–Crippen LogP) is 5.50. The van der Waals surface area contributed by atoms with E-state index in [9.17, 15) is 0 Å². The van der Waals surface area contributed by atoms with Crippen LogP contribution in [0.5, 0.6) is 0 Å². The molecule has 4 heterocycles. The minimum absolute atomic E-state index is 0.0414. The summed E-state index contributed by atoms with van der Waals surface area (Å²) in [5, 5.41) is 4.31. The van der Waals surface area contributed by atoms with Crippen LogP contribution in [0.15, 0.2) is 85.1 Å². The van der Waals surface area contributed by atoms with Crippen LogP contribution in [0.3, 0.4) is 0 Å². The van der Waals surface area contributed by atoms with E-state index in [1.54, 1.807) is 0 Å². The van der Waals surface area contributed by atoms with E-state index in [4.69, 9.17) is 21.9 Å². The molecule has 2 aromatic carbocycles. The molecule has 2 fully saturated rings. The zero-order valence-corrected chi connectivity index (χ0v) is 22.0. The molecular formula is C30H31N5OS. The van der Waals surface area contributed by atoms with Crippen LogP contribution >= 0.6 is 12.2 Å². The van der Waals surface area contributed by atoms with Crippen molar-refractivity contribution in [2.75, 3.05) is 36.1 Å². The number of nitrogens with zero attached hydrogens (tertiary/aromatic N) is 4. The number of pyridine rings is 1. The molecule has 0 saturated carbocycles. The van der Waals surface area contributed by atoms with Crippen LogP contribution in [-0.2, 0) is 4.74 Å². The number of thiocarbonyl (C=S) groups is 1. The molecule has 6 nitrogen and oxygen atoms in total. The third-order valence-corrected chi connectivity index (χ3v) is 7.72. The van der Waals surface area contributed by atoms with E-state index in [2.05, 4.69) is 100 Å². The molecule has 7 heteroatoms. The van der Waals surface area contributed by atoms with Crippen molar-refractivity contribution in [1.82, 2.24) is 14.9 Å². The Labute approximate surface area is 223 Å². The number of para-hydroxylation sites is 1. The summed E-state index contributed by atoms with van der Waals surface area (Å²) >= 11 is 5.96. The summed E-state index contributed by atoms with van der Waals surface area (Å²) in [5.74, 6) is 0. The molecule has 37 heavy (non-hydrogen) atoms. The lowest BCUT2D eigenvalue weighted by atomic mass is 9.96. The van der Waals surface area contributed by atoms with Gasteiger partial charge in [0.2, 0.25) is 0 Å². The van der Waals surface area contributed by atoms with Crippen molar-refractivity contribution in [1.29, 1.82) is 0 Å². The predicted molar refractivity (Wildman–Crippen MR) is 153 cm³/mol. The minimum atomic E-state index is -0.0719. The van der Waals surface area contributed by atoms with Crippen molar-refractivity contribution < 1.29 is 4.74 Å². The second kappa shape index (κ2) is 10.00. The van der Waals surface area contributed by atoms with Crippen molar-refractivity contribution in [3.05, 3.63) is 108 Å². The van der Waals surface area contributed by atoms with Gasteiger partial charge in [-0.15, -0.1) is 0 Å². The van der Waals surface area contributed by atoms with Gasteiger partial charge >= 0.3 is 0 Å². The standard InChI is InChI=1S/C30H31N5OS/c1-21-20-26(22(2)34(21)24-8-4-3-5-9-24)29-28(27-10-6-7-15-31-27)32-30(37)35(29)25-13-11-23(12-14-25)33-16-18-36-19-17-33/h3-15,20,28-29H,16-19H2,1-2H3,(H,32,37)/t28-,29-/m0/s1. The largest absolute Gasteiger partial charge is 0.378 e. The second-order valence-electron chi connectivity index (χ2n) is 9.61. The van der Waals surface area contributed by atoms with Gasteiger partial charge in [-0.1, -0.05) is 24.3 Å². The quantitative estimate of drug-likeness (QED) is 0.358. The third kappa shape index (κ3) is 4.38. The Morgan fingerprint density at radius 1 is 0.865 bits per heavy atom. The number of hydrogen-bond acceptors (Lipinski definition) is 4. The van der Waals surface area contributed by atoms with E-state index in [0.29, 0.717) is 5.11 Å². The van der Waals surface area contributed by atoms with E-state index >= 15 is 0 Å². The zero-order valence-electron chi connectivity index (χ0n) is 21.2. The van der Waals surface area contributed by atoms with Gasteiger partial charge in [0.05, 0.1) is 31.0 Å². The number of benzene rings is 2. The summed E-state index contributed by atoms with van der Waals surface area (Å²) < 4.78 is 7.85. The Kier molecular flexibility index (Phi) is 6.40. The van der Waals surface area contributed by atoms with Crippen LogP contribution in [0.1, 0.15) is 34.7 Å². The summed E-state index contributed by atoms with van der Waals surface area (Å²) in [5.41, 5.74) is 8.06. The molecular weight excluding hydrogens is 478 g/mol. The summed E-state index contributed by atoms with van der Waals surface area (Å²) in [6.45, 7) is 7.74. The number of hydrogen-bond donors (Lipinski definition) is 1. The van der Waals surface area contributed by atoms with Gasteiger partial charge in [0, 0.05) is 47.7 Å². The Bertz CT molecular complexity index is 1380. The fourth-order valence-corrected chi connectivity index (χ4v) is 6.00. The van der Waals surface area contributed by atoms with Crippen molar-refractivity contribution in [2.24, 2.45) is 0 Å². The molecule has 6 rings (SSSR count). The highest BCUT2D eigenvalue weighted by Crippen LogP contribution is 2.44. The average molecular weight is 510 g/mol. The molecule has 2 saturated heterocycles. The highest BCUT2D eigenvalue weighted by molar-refractivity contribution is 7.80. The van der Waals surface area contributed by atoms with Crippen molar-refractivity contribution in [2.45, 2.75) is 25.9 Å². The van der Waals surface area contributed by atoms with Gasteiger partial charge in [-0.25, -0.2) is 0 Å². The number of aryl methyl sites for hydroxylation is 1. The molecule has 2 aromatic heterocycles. The van der Waals surface area contributed by atoms with Crippen LogP contribution in [0.4, 0.5) is 11.4 Å². The molecule has 0 radical (unpaired) electrons. The average Bonchev–Trinajstić information content (AvgIpc) is 3.45. The number of aromatic nitrogens is 2. The Morgan fingerprint density at radius 3 is 2.27 bits per heavy atom. The van der Waals surface area contributed by atoms with E-state index in [1.165, 1.54) is 22.6 Å². The normalized spacial score (nSPS) is 19.8. The lowest BCUT2D eigenvalue weighted by molar-refractivity contribution is 0.122. The lowest BCUT2D eigenvalue weighted by Crippen LogP contribution is -2.36. The topological polar surface area (TPSA) is 45.6 Å². The summed E-state index contributed by atoms with van der Waals surface area (Å²) in [4.78, 5) is 9.35. The molecule has 2 aliphatic heterocycles. The molecule has 0 unspecified atom stereocenters. The molecule has 0 spiro atoms. The fourth-order valence-electron chi connectivity index (χ4n) is 5.66. The van der Waals surface area contributed by atoms with Crippen LogP contribution in [0.2, 0.25) is 0 Å². The van der Waals surface area contributed by atoms with Crippen molar-refractivity contribution in [3.8, 4) is 5.69 Å². The number of ether oxygens (including phenoxy) is 1. The maximum Gasteiger partial charge on any atom is 0.174 e. The Balaban J connectivity index is 1.43. The second-order valence-corrected chi connectivity index (χ2v) is 10.00. The monoisotopic (exact) mass is 509 g/mol. The van der Waals surface area contributed by atoms with Gasteiger partial charge < -0.3 is 24.4 Å². The Morgan fingerprint density at radius 2 is 1.57 bits per heavy atom. The van der Waals surface area contributed by atoms with Gasteiger partial charge in [-0.2, -0.15) is 0 Å². The van der Waals surface area contributed by atoms with Crippen molar-refractivity contribution >= 4 is 28.7 Å². The highest BCUT2D eigenvalue weighted by Gasteiger charge is 2.42. The van der Waals surface area contributed by atoms with E-state index in [0.717, 1.165) is 43.4 Å². The number of nitrogens with one attached hydrogen (secondary N) is 1. The van der Waals surface area contributed by atoms with Crippen LogP contribution in [-0.4, -0.2) is 41.0 Å². The first-order valence-electron chi connectivity index (χ1n) is 12.8. The van der Waals surface area contributed by atoms with Crippen LogP contribution in [0, 0.1) is 13.8 Å². The van der Waals surface area contributed by atoms with Crippen molar-refractivity contribution in [3.63, 3.8) is 0 Å². The highest BCUT2D eigenvalue weighted by atomic mass is 32.1. The molecule has 2 atom stereocenters. The lowest BCUT2D eigenvalue weighted by Gasteiger charge is -2.31. The number of rotatable bonds is 5. The van der Waals surface area contributed by atoms with E-state index in [-0.39, 0.29) is 12.1 Å². The summed E-state index contributed by atoms with van der Waals surface area (Å²) in [6.07, 6.45) is 1.85. The molecule has 188 valence electrons. The Hall–Kier alpha value is -3.68. The minimum Gasteiger partial charge on any atom is -0.378 e. The van der Waals surface area contributed by atoms with Crippen LogP contribution in [0.25, 0.3) is 5.69 Å².